The first-order valence-corrected chi connectivity index (χ1v) is 7.62. The zero-order valence-electron chi connectivity index (χ0n) is 12.4. The van der Waals surface area contributed by atoms with E-state index in [1.54, 1.807) is 0 Å². The van der Waals surface area contributed by atoms with Gasteiger partial charge in [-0.3, -0.25) is 9.59 Å². The number of hydrogen-bond acceptors (Lipinski definition) is 2. The lowest BCUT2D eigenvalue weighted by Gasteiger charge is -2.38. The summed E-state index contributed by atoms with van der Waals surface area (Å²) in [4.78, 5) is 26.8. The highest BCUT2D eigenvalue weighted by atomic mass is 16.2. The summed E-state index contributed by atoms with van der Waals surface area (Å²) in [6.45, 7) is 7.01. The fourth-order valence-corrected chi connectivity index (χ4v) is 3.67. The minimum absolute atomic E-state index is 0.0383. The van der Waals surface area contributed by atoms with E-state index in [2.05, 4.69) is 26.1 Å². The predicted molar refractivity (Wildman–Crippen MR) is 74.6 cm³/mol. The monoisotopic (exact) mass is 266 g/mol. The molecule has 1 N–H and O–H groups in total. The lowest BCUT2D eigenvalue weighted by Crippen LogP contribution is -2.57. The predicted octanol–water partition coefficient (Wildman–Crippen LogP) is 2.08. The second kappa shape index (κ2) is 5.51. The Morgan fingerprint density at radius 1 is 1.26 bits per heavy atom. The van der Waals surface area contributed by atoms with Gasteiger partial charge < -0.3 is 10.2 Å². The number of hydrogen-bond donors (Lipinski definition) is 1. The Balaban J connectivity index is 2.28. The molecule has 2 fully saturated rings. The van der Waals surface area contributed by atoms with E-state index in [9.17, 15) is 9.59 Å². The van der Waals surface area contributed by atoms with Crippen molar-refractivity contribution in [2.75, 3.05) is 6.54 Å². The summed E-state index contributed by atoms with van der Waals surface area (Å²) in [5.74, 6) is 0.633. The molecule has 0 aromatic heterocycles. The van der Waals surface area contributed by atoms with E-state index in [-0.39, 0.29) is 17.9 Å². The molecular weight excluding hydrogens is 240 g/mol. The van der Waals surface area contributed by atoms with Gasteiger partial charge in [-0.25, -0.2) is 0 Å². The maximum atomic E-state index is 12.9. The first-order chi connectivity index (χ1) is 9.00. The summed E-state index contributed by atoms with van der Waals surface area (Å²) < 4.78 is 0. The molecule has 19 heavy (non-hydrogen) atoms. The summed E-state index contributed by atoms with van der Waals surface area (Å²) >= 11 is 0. The van der Waals surface area contributed by atoms with Crippen LogP contribution in [-0.2, 0) is 9.59 Å². The van der Waals surface area contributed by atoms with Gasteiger partial charge in [0, 0.05) is 19.0 Å². The topological polar surface area (TPSA) is 49.4 Å². The maximum absolute atomic E-state index is 12.9. The Kier molecular flexibility index (Phi) is 4.16. The smallest absolute Gasteiger partial charge is 0.248 e. The summed E-state index contributed by atoms with van der Waals surface area (Å²) in [6.07, 6.45) is 5.09. The van der Waals surface area contributed by atoms with Crippen LogP contribution in [0.1, 0.15) is 59.3 Å². The number of rotatable bonds is 3. The van der Waals surface area contributed by atoms with Crippen molar-refractivity contribution in [3.8, 4) is 0 Å². The minimum atomic E-state index is -0.587. The van der Waals surface area contributed by atoms with E-state index in [1.807, 2.05) is 4.90 Å². The van der Waals surface area contributed by atoms with Gasteiger partial charge in [-0.2, -0.15) is 0 Å². The Morgan fingerprint density at radius 2 is 1.89 bits per heavy atom. The van der Waals surface area contributed by atoms with Crippen LogP contribution >= 0.6 is 0 Å². The fourth-order valence-electron chi connectivity index (χ4n) is 3.67. The third kappa shape index (κ3) is 2.63. The number of carbonyl (C=O) groups is 2. The van der Waals surface area contributed by atoms with Crippen molar-refractivity contribution in [3.05, 3.63) is 0 Å². The van der Waals surface area contributed by atoms with Crippen molar-refractivity contribution < 1.29 is 9.59 Å². The largest absolute Gasteiger partial charge is 0.342 e. The summed E-state index contributed by atoms with van der Waals surface area (Å²) in [5.41, 5.74) is -0.587. The van der Waals surface area contributed by atoms with Crippen LogP contribution in [0.15, 0.2) is 0 Å². The molecule has 4 nitrogen and oxygen atoms in total. The first kappa shape index (κ1) is 14.4. The average Bonchev–Trinajstić information content (AvgIpc) is 2.78. The second-order valence-electron chi connectivity index (χ2n) is 6.31. The molecule has 1 spiro atoms. The van der Waals surface area contributed by atoms with Gasteiger partial charge in [0.2, 0.25) is 11.8 Å². The molecule has 2 aliphatic rings. The van der Waals surface area contributed by atoms with Crippen LogP contribution in [0.4, 0.5) is 0 Å². The van der Waals surface area contributed by atoms with Crippen molar-refractivity contribution in [1.29, 1.82) is 0 Å². The molecule has 1 saturated heterocycles. The van der Waals surface area contributed by atoms with Gasteiger partial charge in [0.1, 0.15) is 5.54 Å². The zero-order chi connectivity index (χ0) is 14.0. The number of carbonyl (C=O) groups excluding carboxylic acids is 2. The Labute approximate surface area is 115 Å². The van der Waals surface area contributed by atoms with E-state index in [0.717, 1.165) is 32.1 Å². The van der Waals surface area contributed by atoms with Gasteiger partial charge in [-0.05, 0) is 25.2 Å². The molecule has 0 aromatic rings. The quantitative estimate of drug-likeness (QED) is 0.850. The molecule has 0 radical (unpaired) electrons. The van der Waals surface area contributed by atoms with Crippen LogP contribution in [-0.4, -0.2) is 34.8 Å². The van der Waals surface area contributed by atoms with E-state index in [1.165, 1.54) is 0 Å². The third-order valence-corrected chi connectivity index (χ3v) is 4.67. The van der Waals surface area contributed by atoms with Gasteiger partial charge >= 0.3 is 0 Å². The third-order valence-electron chi connectivity index (χ3n) is 4.67. The molecule has 2 amide bonds. The van der Waals surface area contributed by atoms with Crippen LogP contribution in [0, 0.1) is 5.92 Å². The highest BCUT2D eigenvalue weighted by molar-refractivity contribution is 5.94. The number of amides is 2. The molecule has 4 heteroatoms. The second-order valence-corrected chi connectivity index (χ2v) is 6.31. The highest BCUT2D eigenvalue weighted by Crippen LogP contribution is 2.34. The van der Waals surface area contributed by atoms with Crippen molar-refractivity contribution in [1.82, 2.24) is 10.2 Å². The van der Waals surface area contributed by atoms with Crippen molar-refractivity contribution in [2.45, 2.75) is 70.9 Å². The van der Waals surface area contributed by atoms with Gasteiger partial charge in [-0.1, -0.05) is 33.6 Å². The molecule has 1 aliphatic carbocycles. The first-order valence-electron chi connectivity index (χ1n) is 7.62. The average molecular weight is 266 g/mol. The maximum Gasteiger partial charge on any atom is 0.248 e. The standard InChI is InChI=1S/C15H26N2O2/c1-4-12(11(2)3)17-10-7-13(18)16-15(14(17)19)8-5-6-9-15/h11-12H,4-10H2,1-3H3,(H,16,18). The summed E-state index contributed by atoms with van der Waals surface area (Å²) in [6, 6.07) is 0.248. The van der Waals surface area contributed by atoms with Crippen molar-refractivity contribution in [3.63, 3.8) is 0 Å². The highest BCUT2D eigenvalue weighted by Gasteiger charge is 2.47. The molecule has 0 bridgehead atoms. The molecule has 0 aromatic carbocycles. The molecule has 1 saturated carbocycles. The molecule has 2 rings (SSSR count). The zero-order valence-corrected chi connectivity index (χ0v) is 12.4. The van der Waals surface area contributed by atoms with Crippen LogP contribution in [0.5, 0.6) is 0 Å². The van der Waals surface area contributed by atoms with Crippen LogP contribution in [0.2, 0.25) is 0 Å². The minimum Gasteiger partial charge on any atom is -0.342 e. The molecule has 1 heterocycles. The van der Waals surface area contributed by atoms with E-state index < -0.39 is 5.54 Å². The normalized spacial score (nSPS) is 24.7. The Hall–Kier alpha value is -1.06. The SMILES string of the molecule is CCC(C(C)C)N1CCC(=O)NC2(CCCC2)C1=O. The molecular formula is C15H26N2O2. The molecule has 1 atom stereocenters. The molecule has 108 valence electrons. The Bertz CT molecular complexity index is 359. The molecule has 1 aliphatic heterocycles. The van der Waals surface area contributed by atoms with Gasteiger partial charge in [0.15, 0.2) is 0 Å². The number of nitrogens with zero attached hydrogens (tertiary/aromatic N) is 1. The molecule has 1 unspecified atom stereocenters. The van der Waals surface area contributed by atoms with Crippen molar-refractivity contribution >= 4 is 11.8 Å². The van der Waals surface area contributed by atoms with Crippen LogP contribution in [0.25, 0.3) is 0 Å². The van der Waals surface area contributed by atoms with Gasteiger partial charge in [0.25, 0.3) is 0 Å². The van der Waals surface area contributed by atoms with Crippen molar-refractivity contribution in [2.24, 2.45) is 5.92 Å². The summed E-state index contributed by atoms with van der Waals surface area (Å²) in [7, 11) is 0. The fraction of sp³-hybridized carbons (Fsp3) is 0.867. The van der Waals surface area contributed by atoms with Crippen LogP contribution in [0.3, 0.4) is 0 Å². The summed E-state index contributed by atoms with van der Waals surface area (Å²) in [5, 5.41) is 3.02. The van der Waals surface area contributed by atoms with Gasteiger partial charge in [-0.15, -0.1) is 0 Å². The van der Waals surface area contributed by atoms with Crippen LogP contribution < -0.4 is 5.32 Å². The number of nitrogens with one attached hydrogen (secondary N) is 1. The van der Waals surface area contributed by atoms with E-state index in [0.29, 0.717) is 18.9 Å². The lowest BCUT2D eigenvalue weighted by molar-refractivity contribution is -0.141. The van der Waals surface area contributed by atoms with E-state index in [4.69, 9.17) is 0 Å². The Morgan fingerprint density at radius 3 is 2.42 bits per heavy atom. The van der Waals surface area contributed by atoms with Gasteiger partial charge in [0.05, 0.1) is 0 Å². The lowest BCUT2D eigenvalue weighted by atomic mass is 9.92. The van der Waals surface area contributed by atoms with E-state index >= 15 is 0 Å².